The van der Waals surface area contributed by atoms with Gasteiger partial charge in [0.15, 0.2) is 5.52 Å². The van der Waals surface area contributed by atoms with Crippen molar-refractivity contribution in [2.75, 3.05) is 13.1 Å². The Bertz CT molecular complexity index is 1110. The molecule has 0 saturated carbocycles. The van der Waals surface area contributed by atoms with Gasteiger partial charge in [-0.25, -0.2) is 4.98 Å². The fourth-order valence-corrected chi connectivity index (χ4v) is 4.03. The van der Waals surface area contributed by atoms with E-state index in [0.717, 1.165) is 11.3 Å². The summed E-state index contributed by atoms with van der Waals surface area (Å²) in [4.78, 5) is 31.5. The molecule has 1 aliphatic rings. The van der Waals surface area contributed by atoms with Crippen LogP contribution < -0.4 is 5.56 Å². The van der Waals surface area contributed by atoms with Crippen molar-refractivity contribution in [3.05, 3.63) is 58.3 Å². The second-order valence-corrected chi connectivity index (χ2v) is 8.17. The molecule has 4 rings (SSSR count). The monoisotopic (exact) mass is 409 g/mol. The van der Waals surface area contributed by atoms with Gasteiger partial charge in [-0.05, 0) is 31.7 Å². The molecule has 0 spiro atoms. The van der Waals surface area contributed by atoms with E-state index in [4.69, 9.17) is 0 Å². The Balaban J connectivity index is 1.38. The third-order valence-electron chi connectivity index (χ3n) is 6.07. The zero-order chi connectivity index (χ0) is 21.3. The maximum Gasteiger partial charge on any atom is 0.281 e. The van der Waals surface area contributed by atoms with E-state index in [-0.39, 0.29) is 18.0 Å². The first-order valence-electron chi connectivity index (χ1n) is 10.3. The highest BCUT2D eigenvalue weighted by molar-refractivity contribution is 5.76. The number of piperidine rings is 1. The van der Waals surface area contributed by atoms with Crippen LogP contribution >= 0.6 is 0 Å². The minimum absolute atomic E-state index is 0.102. The van der Waals surface area contributed by atoms with Gasteiger partial charge in [-0.15, -0.1) is 0 Å². The highest BCUT2D eigenvalue weighted by atomic mass is 16.3. The van der Waals surface area contributed by atoms with Crippen molar-refractivity contribution in [1.82, 2.24) is 24.2 Å². The zero-order valence-corrected chi connectivity index (χ0v) is 17.4. The number of nitrogens with zero attached hydrogens (tertiary/aromatic N) is 5. The van der Waals surface area contributed by atoms with Crippen LogP contribution in [0.5, 0.6) is 0 Å². The van der Waals surface area contributed by atoms with Gasteiger partial charge in [-0.2, -0.15) is 5.10 Å². The number of aromatic nitrogens is 4. The number of amides is 1. The summed E-state index contributed by atoms with van der Waals surface area (Å²) in [7, 11) is 1.78. The van der Waals surface area contributed by atoms with Crippen LogP contribution in [0.4, 0.5) is 0 Å². The van der Waals surface area contributed by atoms with Gasteiger partial charge >= 0.3 is 0 Å². The van der Waals surface area contributed by atoms with Gasteiger partial charge in [0, 0.05) is 26.6 Å². The van der Waals surface area contributed by atoms with Crippen molar-refractivity contribution in [1.29, 1.82) is 0 Å². The predicted molar refractivity (Wildman–Crippen MR) is 113 cm³/mol. The molecule has 2 aromatic heterocycles. The van der Waals surface area contributed by atoms with Gasteiger partial charge in [0.2, 0.25) is 5.91 Å². The Hall–Kier alpha value is -3.00. The summed E-state index contributed by atoms with van der Waals surface area (Å²) >= 11 is 0. The van der Waals surface area contributed by atoms with E-state index < -0.39 is 5.60 Å². The van der Waals surface area contributed by atoms with Crippen LogP contribution in [0.15, 0.2) is 41.5 Å². The third-order valence-corrected chi connectivity index (χ3v) is 6.07. The Morgan fingerprint density at radius 3 is 2.57 bits per heavy atom. The molecule has 30 heavy (non-hydrogen) atoms. The fourth-order valence-electron chi connectivity index (χ4n) is 4.03. The molecule has 1 saturated heterocycles. The van der Waals surface area contributed by atoms with Crippen molar-refractivity contribution in [3.8, 4) is 0 Å². The van der Waals surface area contributed by atoms with Gasteiger partial charge in [-0.1, -0.05) is 30.3 Å². The molecule has 0 unspecified atom stereocenters. The molecule has 1 amide bonds. The average Bonchev–Trinajstić information content (AvgIpc) is 3.04. The topological polar surface area (TPSA) is 93.2 Å². The molecule has 8 heteroatoms. The molecule has 1 aromatic carbocycles. The minimum Gasteiger partial charge on any atom is -0.388 e. The normalized spacial score (nSPS) is 16.2. The number of fused-ring (bicyclic) bond motifs is 1. The van der Waals surface area contributed by atoms with E-state index >= 15 is 0 Å². The van der Waals surface area contributed by atoms with Crippen LogP contribution in [0.3, 0.4) is 0 Å². The van der Waals surface area contributed by atoms with Gasteiger partial charge in [0.25, 0.3) is 5.56 Å². The number of aliphatic hydroxyl groups is 1. The molecule has 1 aliphatic heterocycles. The van der Waals surface area contributed by atoms with Gasteiger partial charge in [0.05, 0.1) is 24.2 Å². The molecule has 8 nitrogen and oxygen atoms in total. The lowest BCUT2D eigenvalue weighted by Gasteiger charge is -2.38. The van der Waals surface area contributed by atoms with Gasteiger partial charge < -0.3 is 10.0 Å². The summed E-state index contributed by atoms with van der Waals surface area (Å²) in [6, 6.07) is 9.95. The first-order chi connectivity index (χ1) is 14.4. The summed E-state index contributed by atoms with van der Waals surface area (Å²) in [5, 5.41) is 15.3. The zero-order valence-electron chi connectivity index (χ0n) is 17.4. The average molecular weight is 409 g/mol. The highest BCUT2D eigenvalue weighted by Crippen LogP contribution is 2.24. The Morgan fingerprint density at radius 1 is 1.17 bits per heavy atom. The Kier molecular flexibility index (Phi) is 5.42. The Morgan fingerprint density at radius 2 is 1.87 bits per heavy atom. The van der Waals surface area contributed by atoms with Crippen molar-refractivity contribution in [2.24, 2.45) is 7.05 Å². The summed E-state index contributed by atoms with van der Waals surface area (Å²) in [5.41, 5.74) is 1.58. The summed E-state index contributed by atoms with van der Waals surface area (Å²) in [5.74, 6) is 0.102. The largest absolute Gasteiger partial charge is 0.388 e. The van der Waals surface area contributed by atoms with Crippen molar-refractivity contribution in [3.63, 3.8) is 0 Å². The molecule has 3 heterocycles. The standard InChI is InChI=1S/C22H27N5O3/c1-16-19-20(24-25(16)2)21(29)27(15-23-19)14-22(30)10-12-26(13-11-22)18(28)9-8-17-6-4-3-5-7-17/h3-7,15,30H,8-14H2,1-2H3. The molecule has 1 N–H and O–H groups in total. The van der Waals surface area contributed by atoms with E-state index in [1.54, 1.807) is 11.7 Å². The van der Waals surface area contributed by atoms with Crippen molar-refractivity contribution < 1.29 is 9.90 Å². The van der Waals surface area contributed by atoms with Gasteiger partial charge in [-0.3, -0.25) is 18.8 Å². The summed E-state index contributed by atoms with van der Waals surface area (Å²) in [6.45, 7) is 2.98. The van der Waals surface area contributed by atoms with Crippen LogP contribution in [0.2, 0.25) is 0 Å². The van der Waals surface area contributed by atoms with E-state index in [0.29, 0.717) is 49.8 Å². The maximum atomic E-state index is 12.8. The lowest BCUT2D eigenvalue weighted by Crippen LogP contribution is -2.49. The molecule has 0 atom stereocenters. The van der Waals surface area contributed by atoms with Crippen LogP contribution in [0.25, 0.3) is 11.0 Å². The molecule has 0 aliphatic carbocycles. The molecule has 3 aromatic rings. The Labute approximate surface area is 174 Å². The molecular formula is C22H27N5O3. The number of hydrogen-bond donors (Lipinski definition) is 1. The summed E-state index contributed by atoms with van der Waals surface area (Å²) in [6.07, 6.45) is 3.51. The second kappa shape index (κ2) is 8.02. The molecule has 0 bridgehead atoms. The summed E-state index contributed by atoms with van der Waals surface area (Å²) < 4.78 is 3.07. The molecule has 1 fully saturated rings. The number of likely N-dealkylation sites (tertiary alicyclic amines) is 1. The number of benzene rings is 1. The highest BCUT2D eigenvalue weighted by Gasteiger charge is 2.34. The number of carbonyl (C=O) groups is 1. The number of hydrogen-bond acceptors (Lipinski definition) is 5. The number of aryl methyl sites for hydroxylation is 3. The van der Waals surface area contributed by atoms with Crippen molar-refractivity contribution in [2.45, 2.75) is 44.8 Å². The van der Waals surface area contributed by atoms with Crippen LogP contribution in [-0.4, -0.2) is 53.9 Å². The van der Waals surface area contributed by atoms with Crippen molar-refractivity contribution >= 4 is 16.9 Å². The first kappa shape index (κ1) is 20.3. The third kappa shape index (κ3) is 4.00. The van der Waals surface area contributed by atoms with E-state index in [1.807, 2.05) is 42.2 Å². The SMILES string of the molecule is Cc1c2ncn(CC3(O)CCN(C(=O)CCc4ccccc4)CC3)c(=O)c2nn1C. The van der Waals surface area contributed by atoms with E-state index in [1.165, 1.54) is 10.9 Å². The minimum atomic E-state index is -1.04. The molecule has 158 valence electrons. The molecular weight excluding hydrogens is 382 g/mol. The van der Waals surface area contributed by atoms with Crippen LogP contribution in [0.1, 0.15) is 30.5 Å². The number of carbonyl (C=O) groups excluding carboxylic acids is 1. The van der Waals surface area contributed by atoms with E-state index in [9.17, 15) is 14.7 Å². The lowest BCUT2D eigenvalue weighted by molar-refractivity contribution is -0.135. The quantitative estimate of drug-likeness (QED) is 0.688. The lowest BCUT2D eigenvalue weighted by atomic mass is 9.91. The fraction of sp³-hybridized carbons (Fsp3) is 0.455. The maximum absolute atomic E-state index is 12.8. The number of rotatable bonds is 5. The first-order valence-corrected chi connectivity index (χ1v) is 10.3. The van der Waals surface area contributed by atoms with Crippen LogP contribution in [0, 0.1) is 6.92 Å². The predicted octanol–water partition coefficient (Wildman–Crippen LogP) is 1.42. The van der Waals surface area contributed by atoms with Gasteiger partial charge in [0.1, 0.15) is 5.52 Å². The second-order valence-electron chi connectivity index (χ2n) is 8.17. The van der Waals surface area contributed by atoms with E-state index in [2.05, 4.69) is 10.1 Å². The smallest absolute Gasteiger partial charge is 0.281 e. The molecule has 0 radical (unpaired) electrons. The van der Waals surface area contributed by atoms with Crippen LogP contribution in [-0.2, 0) is 24.8 Å².